The second-order valence-electron chi connectivity index (χ2n) is 6.36. The summed E-state index contributed by atoms with van der Waals surface area (Å²) in [7, 11) is 1.99. The van der Waals surface area contributed by atoms with Crippen LogP contribution in [0.3, 0.4) is 0 Å². The van der Waals surface area contributed by atoms with Crippen LogP contribution in [0.1, 0.15) is 48.2 Å². The van der Waals surface area contributed by atoms with Crippen molar-refractivity contribution in [3.8, 4) is 0 Å². The van der Waals surface area contributed by atoms with Gasteiger partial charge in [-0.1, -0.05) is 44.5 Å². The van der Waals surface area contributed by atoms with Crippen molar-refractivity contribution < 1.29 is 0 Å². The van der Waals surface area contributed by atoms with Gasteiger partial charge in [-0.2, -0.15) is 0 Å². The van der Waals surface area contributed by atoms with Crippen molar-refractivity contribution in [1.29, 1.82) is 0 Å². The number of nitrogens with one attached hydrogen (secondary N) is 1. The molecule has 0 unspecified atom stereocenters. The lowest BCUT2D eigenvalue weighted by Crippen LogP contribution is -2.12. The van der Waals surface area contributed by atoms with Gasteiger partial charge in [-0.25, -0.2) is 4.98 Å². The Morgan fingerprint density at radius 2 is 1.95 bits per heavy atom. The highest BCUT2D eigenvalue weighted by Crippen LogP contribution is 2.26. The van der Waals surface area contributed by atoms with Crippen molar-refractivity contribution in [3.05, 3.63) is 51.0 Å². The zero-order valence-corrected chi connectivity index (χ0v) is 13.9. The molecule has 1 heterocycles. The first-order chi connectivity index (χ1) is 9.40. The molecule has 0 saturated carbocycles. The summed E-state index contributed by atoms with van der Waals surface area (Å²) in [6.07, 6.45) is 0.930. The molecule has 0 radical (unpaired) electrons. The predicted octanol–water partition coefficient (Wildman–Crippen LogP) is 4.06. The molecule has 108 valence electrons. The maximum atomic E-state index is 4.81. The van der Waals surface area contributed by atoms with Gasteiger partial charge >= 0.3 is 0 Å². The highest BCUT2D eigenvalue weighted by Gasteiger charge is 2.17. The molecule has 0 spiro atoms. The van der Waals surface area contributed by atoms with Gasteiger partial charge in [-0.05, 0) is 25.1 Å². The van der Waals surface area contributed by atoms with Gasteiger partial charge in [0.15, 0.2) is 0 Å². The summed E-state index contributed by atoms with van der Waals surface area (Å²) in [6.45, 7) is 9.70. The van der Waals surface area contributed by atoms with Crippen LogP contribution >= 0.6 is 11.3 Å². The molecule has 1 aromatic carbocycles. The number of hydrogen-bond donors (Lipinski definition) is 1. The molecule has 0 amide bonds. The van der Waals surface area contributed by atoms with Crippen LogP contribution in [0.15, 0.2) is 23.6 Å². The summed E-state index contributed by atoms with van der Waals surface area (Å²) in [6, 6.07) is 6.68. The Balaban J connectivity index is 2.25. The molecule has 0 aliphatic carbocycles. The van der Waals surface area contributed by atoms with Gasteiger partial charge in [-0.3, -0.25) is 0 Å². The number of aryl methyl sites for hydroxylation is 1. The topological polar surface area (TPSA) is 24.9 Å². The van der Waals surface area contributed by atoms with Crippen molar-refractivity contribution in [2.75, 3.05) is 7.05 Å². The molecule has 2 nitrogen and oxygen atoms in total. The third-order valence-corrected chi connectivity index (χ3v) is 4.24. The average Bonchev–Trinajstić information content (AvgIpc) is 2.81. The zero-order valence-electron chi connectivity index (χ0n) is 13.1. The van der Waals surface area contributed by atoms with E-state index in [1.807, 2.05) is 7.05 Å². The summed E-state index contributed by atoms with van der Waals surface area (Å²) >= 11 is 1.77. The highest BCUT2D eigenvalue weighted by molar-refractivity contribution is 7.09. The molecule has 0 aliphatic heterocycles. The SMILES string of the molecule is CNCc1ccc(C)cc1Cc1nc(C(C)(C)C)cs1. The third kappa shape index (κ3) is 3.68. The number of hydrogen-bond acceptors (Lipinski definition) is 3. The molecule has 0 aliphatic rings. The van der Waals surface area contributed by atoms with Crippen LogP contribution in [-0.4, -0.2) is 12.0 Å². The summed E-state index contributed by atoms with van der Waals surface area (Å²) in [5, 5.41) is 6.65. The van der Waals surface area contributed by atoms with Crippen LogP contribution in [0.25, 0.3) is 0 Å². The van der Waals surface area contributed by atoms with Crippen LogP contribution in [0.2, 0.25) is 0 Å². The van der Waals surface area contributed by atoms with Crippen molar-refractivity contribution in [1.82, 2.24) is 10.3 Å². The molecule has 20 heavy (non-hydrogen) atoms. The van der Waals surface area contributed by atoms with Crippen LogP contribution in [0, 0.1) is 6.92 Å². The minimum absolute atomic E-state index is 0.134. The van der Waals surface area contributed by atoms with Crippen LogP contribution in [0.5, 0.6) is 0 Å². The fraction of sp³-hybridized carbons (Fsp3) is 0.471. The first kappa shape index (κ1) is 15.2. The molecule has 1 N–H and O–H groups in total. The number of rotatable bonds is 4. The van der Waals surface area contributed by atoms with Crippen molar-refractivity contribution in [2.45, 2.75) is 46.1 Å². The number of aromatic nitrogens is 1. The van der Waals surface area contributed by atoms with E-state index >= 15 is 0 Å². The molecule has 2 aromatic rings. The third-order valence-electron chi connectivity index (χ3n) is 3.39. The van der Waals surface area contributed by atoms with Gasteiger partial charge in [0.1, 0.15) is 0 Å². The largest absolute Gasteiger partial charge is 0.316 e. The maximum absolute atomic E-state index is 4.81. The lowest BCUT2D eigenvalue weighted by Gasteiger charge is -2.14. The Morgan fingerprint density at radius 1 is 1.20 bits per heavy atom. The Kier molecular flexibility index (Phi) is 4.61. The van der Waals surface area contributed by atoms with E-state index in [-0.39, 0.29) is 5.41 Å². The molecule has 1 aromatic heterocycles. The van der Waals surface area contributed by atoms with Gasteiger partial charge in [0.2, 0.25) is 0 Å². The minimum Gasteiger partial charge on any atom is -0.316 e. The van der Waals surface area contributed by atoms with E-state index in [1.54, 1.807) is 11.3 Å². The van der Waals surface area contributed by atoms with Gasteiger partial charge < -0.3 is 5.32 Å². The number of thiazole rings is 1. The molecule has 2 rings (SSSR count). The molecule has 3 heteroatoms. The van der Waals surface area contributed by atoms with Crippen molar-refractivity contribution in [3.63, 3.8) is 0 Å². The van der Waals surface area contributed by atoms with Gasteiger partial charge in [0.25, 0.3) is 0 Å². The van der Waals surface area contributed by atoms with E-state index in [4.69, 9.17) is 4.98 Å². The van der Waals surface area contributed by atoms with Gasteiger partial charge in [-0.15, -0.1) is 11.3 Å². The van der Waals surface area contributed by atoms with Crippen LogP contribution in [0.4, 0.5) is 0 Å². The Bertz CT molecular complexity index is 579. The maximum Gasteiger partial charge on any atom is 0.0972 e. The molecule has 0 fully saturated rings. The fourth-order valence-electron chi connectivity index (χ4n) is 2.18. The highest BCUT2D eigenvalue weighted by atomic mass is 32.1. The van der Waals surface area contributed by atoms with E-state index in [0.717, 1.165) is 13.0 Å². The van der Waals surface area contributed by atoms with Crippen molar-refractivity contribution >= 4 is 11.3 Å². The Labute approximate surface area is 126 Å². The first-order valence-corrected chi connectivity index (χ1v) is 7.96. The second-order valence-corrected chi connectivity index (χ2v) is 7.30. The minimum atomic E-state index is 0.134. The summed E-state index contributed by atoms with van der Waals surface area (Å²) in [4.78, 5) is 4.81. The van der Waals surface area contributed by atoms with E-state index in [9.17, 15) is 0 Å². The summed E-state index contributed by atoms with van der Waals surface area (Å²) in [5.41, 5.74) is 5.39. The normalized spacial score (nSPS) is 11.8. The average molecular weight is 288 g/mol. The second kappa shape index (κ2) is 6.06. The molecular weight excluding hydrogens is 264 g/mol. The fourth-order valence-corrected chi connectivity index (χ4v) is 3.23. The van der Waals surface area contributed by atoms with Gasteiger partial charge in [0.05, 0.1) is 10.7 Å². The number of benzene rings is 1. The Morgan fingerprint density at radius 3 is 2.55 bits per heavy atom. The van der Waals surface area contributed by atoms with Crippen LogP contribution < -0.4 is 5.32 Å². The predicted molar refractivity (Wildman–Crippen MR) is 87.6 cm³/mol. The van der Waals surface area contributed by atoms with Gasteiger partial charge in [0, 0.05) is 23.8 Å². The lowest BCUT2D eigenvalue weighted by molar-refractivity contribution is 0.571. The summed E-state index contributed by atoms with van der Waals surface area (Å²) in [5.74, 6) is 0. The van der Waals surface area contributed by atoms with E-state index < -0.39 is 0 Å². The van der Waals surface area contributed by atoms with Crippen LogP contribution in [-0.2, 0) is 18.4 Å². The molecule has 0 saturated heterocycles. The smallest absolute Gasteiger partial charge is 0.0972 e. The standard InChI is InChI=1S/C17H24N2S/c1-12-6-7-13(10-18-5)14(8-12)9-16-19-15(11-20-16)17(2,3)4/h6-8,11,18H,9-10H2,1-5H3. The summed E-state index contributed by atoms with van der Waals surface area (Å²) < 4.78 is 0. The van der Waals surface area contributed by atoms with Crippen molar-refractivity contribution in [2.24, 2.45) is 0 Å². The van der Waals surface area contributed by atoms with E-state index in [2.05, 4.69) is 56.6 Å². The molecular formula is C17H24N2S. The first-order valence-electron chi connectivity index (χ1n) is 7.08. The molecule has 0 atom stereocenters. The quantitative estimate of drug-likeness (QED) is 0.917. The lowest BCUT2D eigenvalue weighted by atomic mass is 9.93. The number of nitrogens with zero attached hydrogens (tertiary/aromatic N) is 1. The van der Waals surface area contributed by atoms with E-state index in [0.29, 0.717) is 0 Å². The zero-order chi connectivity index (χ0) is 14.8. The Hall–Kier alpha value is -1.19. The monoisotopic (exact) mass is 288 g/mol. The van der Waals surface area contributed by atoms with E-state index in [1.165, 1.54) is 27.4 Å². The molecule has 0 bridgehead atoms.